The lowest BCUT2D eigenvalue weighted by Gasteiger charge is -2.22. The maximum atomic E-state index is 13.5. The summed E-state index contributed by atoms with van der Waals surface area (Å²) in [6.45, 7) is 0.144. The van der Waals surface area contributed by atoms with Crippen molar-refractivity contribution >= 4 is 11.7 Å². The van der Waals surface area contributed by atoms with Crippen molar-refractivity contribution in [3.8, 4) is 28.6 Å². The minimum absolute atomic E-state index is 0.0809. The van der Waals surface area contributed by atoms with Crippen LogP contribution in [0.2, 0.25) is 0 Å². The number of benzene rings is 2. The molecule has 9 heteroatoms. The molecule has 0 aliphatic heterocycles. The topological polar surface area (TPSA) is 86.9 Å². The van der Waals surface area contributed by atoms with Crippen molar-refractivity contribution in [3.63, 3.8) is 0 Å². The summed E-state index contributed by atoms with van der Waals surface area (Å²) in [4.78, 5) is 19.3. The average Bonchev–Trinajstić information content (AvgIpc) is 3.37. The van der Waals surface area contributed by atoms with E-state index in [1.807, 2.05) is 0 Å². The standard InChI is InChI=1S/C25H22FN3O5/c1-31-21-12-16(13-22(32-2)24(21)33-3)15-29(23-6-4-5-11-27-23)25(30)19-14-20(34-28-19)17-7-9-18(26)10-8-17/h4-14H,15H2,1-3H3. The second-order valence-corrected chi connectivity index (χ2v) is 7.20. The molecule has 0 aliphatic carbocycles. The van der Waals surface area contributed by atoms with Crippen LogP contribution in [0, 0.1) is 5.82 Å². The Hall–Kier alpha value is -4.40. The molecule has 0 fully saturated rings. The molecule has 0 spiro atoms. The van der Waals surface area contributed by atoms with Gasteiger partial charge in [0.2, 0.25) is 5.75 Å². The van der Waals surface area contributed by atoms with E-state index in [4.69, 9.17) is 18.7 Å². The average molecular weight is 463 g/mol. The lowest BCUT2D eigenvalue weighted by Crippen LogP contribution is -2.31. The Kier molecular flexibility index (Phi) is 6.72. The third-order valence-corrected chi connectivity index (χ3v) is 5.09. The Balaban J connectivity index is 1.69. The van der Waals surface area contributed by atoms with E-state index in [2.05, 4.69) is 10.1 Å². The normalized spacial score (nSPS) is 10.6. The number of hydrogen-bond acceptors (Lipinski definition) is 7. The van der Waals surface area contributed by atoms with Crippen molar-refractivity contribution in [2.75, 3.05) is 26.2 Å². The van der Waals surface area contributed by atoms with Crippen molar-refractivity contribution in [2.24, 2.45) is 0 Å². The molecular formula is C25H22FN3O5. The molecule has 2 aromatic carbocycles. The van der Waals surface area contributed by atoms with Crippen molar-refractivity contribution in [1.29, 1.82) is 0 Å². The number of nitrogens with zero attached hydrogens (tertiary/aromatic N) is 3. The summed E-state index contributed by atoms with van der Waals surface area (Å²) in [5, 5.41) is 3.94. The molecule has 0 N–H and O–H groups in total. The van der Waals surface area contributed by atoms with E-state index in [9.17, 15) is 9.18 Å². The number of carbonyl (C=O) groups excluding carboxylic acids is 1. The molecule has 2 aromatic heterocycles. The summed E-state index contributed by atoms with van der Waals surface area (Å²) in [6.07, 6.45) is 1.59. The SMILES string of the molecule is COc1cc(CN(C(=O)c2cc(-c3ccc(F)cc3)on2)c2ccccn2)cc(OC)c1OC. The lowest BCUT2D eigenvalue weighted by molar-refractivity contribution is 0.0975. The van der Waals surface area contributed by atoms with E-state index in [0.717, 1.165) is 5.56 Å². The molecule has 174 valence electrons. The van der Waals surface area contributed by atoms with Crippen LogP contribution in [0.5, 0.6) is 17.2 Å². The maximum absolute atomic E-state index is 13.5. The second kappa shape index (κ2) is 10.0. The maximum Gasteiger partial charge on any atom is 0.281 e. The molecule has 4 aromatic rings. The molecule has 2 heterocycles. The number of halogens is 1. The highest BCUT2D eigenvalue weighted by Gasteiger charge is 2.24. The van der Waals surface area contributed by atoms with Gasteiger partial charge in [0.05, 0.1) is 27.9 Å². The van der Waals surface area contributed by atoms with E-state index in [0.29, 0.717) is 34.4 Å². The van der Waals surface area contributed by atoms with Crippen LogP contribution in [0.3, 0.4) is 0 Å². The molecule has 0 atom stereocenters. The Bertz CT molecular complexity index is 1250. The van der Waals surface area contributed by atoms with Crippen molar-refractivity contribution in [2.45, 2.75) is 6.54 Å². The first-order chi connectivity index (χ1) is 16.5. The number of ether oxygens (including phenoxy) is 3. The molecule has 0 saturated carbocycles. The molecule has 0 radical (unpaired) electrons. The second-order valence-electron chi connectivity index (χ2n) is 7.20. The molecule has 0 aliphatic rings. The van der Waals surface area contributed by atoms with E-state index in [-0.39, 0.29) is 18.1 Å². The summed E-state index contributed by atoms with van der Waals surface area (Å²) >= 11 is 0. The third kappa shape index (κ3) is 4.68. The third-order valence-electron chi connectivity index (χ3n) is 5.09. The highest BCUT2D eigenvalue weighted by Crippen LogP contribution is 2.38. The molecule has 0 saturated heterocycles. The van der Waals surface area contributed by atoms with E-state index >= 15 is 0 Å². The lowest BCUT2D eigenvalue weighted by atomic mass is 10.1. The van der Waals surface area contributed by atoms with Crippen molar-refractivity contribution < 1.29 is 27.9 Å². The van der Waals surface area contributed by atoms with Crippen LogP contribution in [0.1, 0.15) is 16.1 Å². The van der Waals surface area contributed by atoms with Crippen LogP contribution < -0.4 is 19.1 Å². The minimum atomic E-state index is -0.426. The van der Waals surface area contributed by atoms with Crippen molar-refractivity contribution in [1.82, 2.24) is 10.1 Å². The predicted molar refractivity (Wildman–Crippen MR) is 123 cm³/mol. The van der Waals surface area contributed by atoms with Gasteiger partial charge in [0.25, 0.3) is 5.91 Å². The fourth-order valence-electron chi connectivity index (χ4n) is 3.44. The number of amides is 1. The fourth-order valence-corrected chi connectivity index (χ4v) is 3.44. The van der Waals surface area contributed by atoms with Gasteiger partial charge in [-0.05, 0) is 54.1 Å². The number of hydrogen-bond donors (Lipinski definition) is 0. The van der Waals surface area contributed by atoms with Gasteiger partial charge >= 0.3 is 0 Å². The van der Waals surface area contributed by atoms with Gasteiger partial charge in [-0.2, -0.15) is 0 Å². The molecule has 0 unspecified atom stereocenters. The first kappa shape index (κ1) is 22.8. The first-order valence-corrected chi connectivity index (χ1v) is 10.3. The number of aromatic nitrogens is 2. The van der Waals surface area contributed by atoms with Gasteiger partial charge < -0.3 is 18.7 Å². The summed E-state index contributed by atoms with van der Waals surface area (Å²) in [6, 6.07) is 16.0. The summed E-state index contributed by atoms with van der Waals surface area (Å²) in [5.41, 5.74) is 1.40. The van der Waals surface area contributed by atoms with Crippen LogP contribution >= 0.6 is 0 Å². The fraction of sp³-hybridized carbons (Fsp3) is 0.160. The van der Waals surface area contributed by atoms with Gasteiger partial charge in [0.1, 0.15) is 11.6 Å². The van der Waals surface area contributed by atoms with E-state index in [1.54, 1.807) is 48.7 Å². The van der Waals surface area contributed by atoms with Gasteiger partial charge in [0, 0.05) is 17.8 Å². The van der Waals surface area contributed by atoms with Crippen LogP contribution in [0.15, 0.2) is 71.4 Å². The molecule has 1 amide bonds. The number of pyridine rings is 1. The number of anilines is 1. The van der Waals surface area contributed by atoms with Crippen LogP contribution in [0.25, 0.3) is 11.3 Å². The van der Waals surface area contributed by atoms with Crippen molar-refractivity contribution in [3.05, 3.63) is 83.9 Å². The van der Waals surface area contributed by atoms with Gasteiger partial charge in [0.15, 0.2) is 23.0 Å². The Morgan fingerprint density at radius 3 is 2.26 bits per heavy atom. The van der Waals surface area contributed by atoms with Gasteiger partial charge in [-0.15, -0.1) is 0 Å². The zero-order chi connectivity index (χ0) is 24.1. The predicted octanol–water partition coefficient (Wildman–Crippen LogP) is 4.75. The molecular weight excluding hydrogens is 441 g/mol. The van der Waals surface area contributed by atoms with Crippen LogP contribution in [0.4, 0.5) is 10.2 Å². The van der Waals surface area contributed by atoms with E-state index < -0.39 is 5.91 Å². The Labute approximate surface area is 195 Å². The Morgan fingerprint density at radius 1 is 0.971 bits per heavy atom. The smallest absolute Gasteiger partial charge is 0.281 e. The monoisotopic (exact) mass is 463 g/mol. The number of carbonyl (C=O) groups is 1. The van der Waals surface area contributed by atoms with Gasteiger partial charge in [-0.1, -0.05) is 11.2 Å². The largest absolute Gasteiger partial charge is 0.493 e. The highest BCUT2D eigenvalue weighted by atomic mass is 19.1. The zero-order valence-corrected chi connectivity index (χ0v) is 18.8. The number of rotatable bonds is 8. The van der Waals surface area contributed by atoms with E-state index in [1.165, 1.54) is 44.4 Å². The summed E-state index contributed by atoms with van der Waals surface area (Å²) < 4.78 is 34.9. The zero-order valence-electron chi connectivity index (χ0n) is 18.8. The Morgan fingerprint density at radius 2 is 1.68 bits per heavy atom. The molecule has 8 nitrogen and oxygen atoms in total. The molecule has 0 bridgehead atoms. The number of methoxy groups -OCH3 is 3. The molecule has 4 rings (SSSR count). The first-order valence-electron chi connectivity index (χ1n) is 10.3. The summed E-state index contributed by atoms with van der Waals surface area (Å²) in [5.74, 6) is 1.35. The highest BCUT2D eigenvalue weighted by molar-refractivity contribution is 6.04. The van der Waals surface area contributed by atoms with Gasteiger partial charge in [-0.3, -0.25) is 9.69 Å². The van der Waals surface area contributed by atoms with Crippen LogP contribution in [-0.4, -0.2) is 37.4 Å². The minimum Gasteiger partial charge on any atom is -0.493 e. The summed E-state index contributed by atoms with van der Waals surface area (Å²) in [7, 11) is 4.57. The molecule has 34 heavy (non-hydrogen) atoms. The quantitative estimate of drug-likeness (QED) is 0.373. The van der Waals surface area contributed by atoms with Crippen LogP contribution in [-0.2, 0) is 6.54 Å². The van der Waals surface area contributed by atoms with Gasteiger partial charge in [-0.25, -0.2) is 9.37 Å².